The SMILES string of the molecule is O=C(O)CCCCCCCNNNc1ccccc1O. The third-order valence-corrected chi connectivity index (χ3v) is 2.88. The maximum Gasteiger partial charge on any atom is 0.303 e. The fourth-order valence-corrected chi connectivity index (χ4v) is 1.77. The molecule has 0 aliphatic rings. The third-order valence-electron chi connectivity index (χ3n) is 2.88. The zero-order chi connectivity index (χ0) is 14.6. The lowest BCUT2D eigenvalue weighted by molar-refractivity contribution is -0.137. The molecular formula is C14H23N3O3. The summed E-state index contributed by atoms with van der Waals surface area (Å²) in [4.78, 5) is 10.3. The van der Waals surface area contributed by atoms with Gasteiger partial charge in [0.15, 0.2) is 0 Å². The van der Waals surface area contributed by atoms with Crippen molar-refractivity contribution in [3.63, 3.8) is 0 Å². The Morgan fingerprint density at radius 1 is 1.05 bits per heavy atom. The van der Waals surface area contributed by atoms with Crippen LogP contribution in [0, 0.1) is 0 Å². The molecule has 0 aliphatic heterocycles. The number of carbonyl (C=O) groups is 1. The molecule has 0 unspecified atom stereocenters. The van der Waals surface area contributed by atoms with E-state index in [2.05, 4.69) is 16.4 Å². The number of benzene rings is 1. The Morgan fingerprint density at radius 3 is 2.50 bits per heavy atom. The van der Waals surface area contributed by atoms with Gasteiger partial charge in [0.25, 0.3) is 0 Å². The average molecular weight is 281 g/mol. The Bertz CT molecular complexity index is 399. The van der Waals surface area contributed by atoms with Crippen LogP contribution in [0.15, 0.2) is 24.3 Å². The van der Waals surface area contributed by atoms with E-state index in [0.717, 1.165) is 38.6 Å². The van der Waals surface area contributed by atoms with Crippen LogP contribution in [0.1, 0.15) is 38.5 Å². The van der Waals surface area contributed by atoms with Crippen molar-refractivity contribution < 1.29 is 15.0 Å². The van der Waals surface area contributed by atoms with Crippen molar-refractivity contribution in [2.45, 2.75) is 38.5 Å². The number of carboxylic acid groups (broad SMARTS) is 1. The van der Waals surface area contributed by atoms with Crippen LogP contribution in [-0.4, -0.2) is 22.7 Å². The van der Waals surface area contributed by atoms with Crippen molar-refractivity contribution in [3.8, 4) is 5.75 Å². The minimum absolute atomic E-state index is 0.195. The molecule has 0 aromatic heterocycles. The Hall–Kier alpha value is -1.79. The number of para-hydroxylation sites is 2. The molecule has 0 saturated heterocycles. The lowest BCUT2D eigenvalue weighted by Gasteiger charge is -2.10. The van der Waals surface area contributed by atoms with Crippen LogP contribution in [0.3, 0.4) is 0 Å². The number of carboxylic acids is 1. The first-order valence-corrected chi connectivity index (χ1v) is 6.94. The molecule has 1 aromatic carbocycles. The van der Waals surface area contributed by atoms with E-state index in [1.54, 1.807) is 18.2 Å². The van der Waals surface area contributed by atoms with Crippen molar-refractivity contribution in [1.29, 1.82) is 0 Å². The Morgan fingerprint density at radius 2 is 1.75 bits per heavy atom. The molecule has 20 heavy (non-hydrogen) atoms. The number of phenols is 1. The summed E-state index contributed by atoms with van der Waals surface area (Å²) in [7, 11) is 0. The van der Waals surface area contributed by atoms with Gasteiger partial charge in [0.1, 0.15) is 5.75 Å². The number of anilines is 1. The highest BCUT2D eigenvalue weighted by atomic mass is 16.4. The summed E-state index contributed by atoms with van der Waals surface area (Å²) in [6, 6.07) is 6.98. The Labute approximate surface area is 119 Å². The highest BCUT2D eigenvalue weighted by molar-refractivity contribution is 5.66. The van der Waals surface area contributed by atoms with Gasteiger partial charge >= 0.3 is 5.97 Å². The van der Waals surface area contributed by atoms with E-state index in [1.165, 1.54) is 0 Å². The number of hydrazine groups is 2. The lowest BCUT2D eigenvalue weighted by Crippen LogP contribution is -2.37. The highest BCUT2D eigenvalue weighted by Crippen LogP contribution is 2.19. The molecule has 1 rings (SSSR count). The molecule has 0 saturated carbocycles. The average Bonchev–Trinajstić information content (AvgIpc) is 2.42. The van der Waals surface area contributed by atoms with Gasteiger partial charge in [-0.2, -0.15) is 5.53 Å². The molecule has 0 radical (unpaired) electrons. The molecule has 0 amide bonds. The molecule has 0 fully saturated rings. The summed E-state index contributed by atoms with van der Waals surface area (Å²) >= 11 is 0. The van der Waals surface area contributed by atoms with E-state index in [9.17, 15) is 9.90 Å². The van der Waals surface area contributed by atoms with Crippen LogP contribution in [0.5, 0.6) is 5.75 Å². The zero-order valence-corrected chi connectivity index (χ0v) is 11.6. The maximum absolute atomic E-state index is 10.3. The summed E-state index contributed by atoms with van der Waals surface area (Å²) in [6.45, 7) is 0.805. The van der Waals surface area contributed by atoms with Gasteiger partial charge in [0.05, 0.1) is 5.69 Å². The van der Waals surface area contributed by atoms with Crippen molar-refractivity contribution in [2.75, 3.05) is 12.0 Å². The normalized spacial score (nSPS) is 10.4. The van der Waals surface area contributed by atoms with Crippen molar-refractivity contribution in [2.24, 2.45) is 0 Å². The second-order valence-electron chi connectivity index (χ2n) is 4.61. The number of nitrogens with one attached hydrogen (secondary N) is 3. The van der Waals surface area contributed by atoms with Gasteiger partial charge in [-0.15, -0.1) is 0 Å². The Kier molecular flexibility index (Phi) is 8.17. The number of phenolic OH excluding ortho intramolecular Hbond substituents is 1. The standard InChI is InChI=1S/C14H23N3O3/c18-13-9-6-5-8-12(13)16-17-15-11-7-3-1-2-4-10-14(19)20/h5-6,8-9,15-18H,1-4,7,10-11H2,(H,19,20). The predicted molar refractivity (Wildman–Crippen MR) is 78.2 cm³/mol. The quantitative estimate of drug-likeness (QED) is 0.243. The number of rotatable bonds is 11. The molecule has 0 atom stereocenters. The molecule has 1 aromatic rings. The van der Waals surface area contributed by atoms with Gasteiger partial charge in [-0.1, -0.05) is 31.4 Å². The summed E-state index contributed by atoms with van der Waals surface area (Å²) < 4.78 is 0. The first kappa shape index (κ1) is 16.3. The number of aromatic hydroxyl groups is 1. The van der Waals surface area contributed by atoms with Gasteiger partial charge in [-0.05, 0) is 25.0 Å². The van der Waals surface area contributed by atoms with E-state index in [4.69, 9.17) is 5.11 Å². The minimum atomic E-state index is -0.717. The van der Waals surface area contributed by atoms with E-state index in [-0.39, 0.29) is 12.2 Å². The smallest absolute Gasteiger partial charge is 0.303 e. The van der Waals surface area contributed by atoms with Gasteiger partial charge in [0, 0.05) is 13.0 Å². The molecular weight excluding hydrogens is 258 g/mol. The first-order chi connectivity index (χ1) is 9.70. The lowest BCUT2D eigenvalue weighted by atomic mass is 10.1. The van der Waals surface area contributed by atoms with Crippen LogP contribution in [0.2, 0.25) is 0 Å². The second-order valence-corrected chi connectivity index (χ2v) is 4.61. The summed E-state index contributed by atoms with van der Waals surface area (Å²) in [6.07, 6.45) is 5.14. The van der Waals surface area contributed by atoms with Gasteiger partial charge in [-0.25, -0.2) is 5.43 Å². The van der Waals surface area contributed by atoms with Crippen LogP contribution in [0.4, 0.5) is 5.69 Å². The minimum Gasteiger partial charge on any atom is -0.506 e. The van der Waals surface area contributed by atoms with Crippen LogP contribution < -0.4 is 16.4 Å². The fraction of sp³-hybridized carbons (Fsp3) is 0.500. The number of hydrogen-bond acceptors (Lipinski definition) is 5. The number of aliphatic carboxylic acids is 1. The van der Waals surface area contributed by atoms with Gasteiger partial charge in [0.2, 0.25) is 0 Å². The summed E-state index contributed by atoms with van der Waals surface area (Å²) in [5.74, 6) is -0.522. The van der Waals surface area contributed by atoms with Crippen molar-refractivity contribution in [3.05, 3.63) is 24.3 Å². The molecule has 0 bridgehead atoms. The summed E-state index contributed by atoms with van der Waals surface area (Å²) in [5.41, 5.74) is 9.31. The molecule has 6 nitrogen and oxygen atoms in total. The maximum atomic E-state index is 10.3. The molecule has 0 aliphatic carbocycles. The van der Waals surface area contributed by atoms with Gasteiger partial charge < -0.3 is 15.6 Å². The predicted octanol–water partition coefficient (Wildman–Crippen LogP) is 2.24. The van der Waals surface area contributed by atoms with E-state index < -0.39 is 5.97 Å². The van der Waals surface area contributed by atoms with Crippen molar-refractivity contribution >= 4 is 11.7 Å². The molecule has 6 heteroatoms. The molecule has 0 heterocycles. The van der Waals surface area contributed by atoms with Crippen LogP contribution in [0.25, 0.3) is 0 Å². The van der Waals surface area contributed by atoms with E-state index in [0.29, 0.717) is 5.69 Å². The third kappa shape index (κ3) is 7.60. The highest BCUT2D eigenvalue weighted by Gasteiger charge is 1.97. The van der Waals surface area contributed by atoms with Crippen molar-refractivity contribution in [1.82, 2.24) is 11.0 Å². The Balaban J connectivity index is 1.90. The van der Waals surface area contributed by atoms with Crippen LogP contribution >= 0.6 is 0 Å². The first-order valence-electron chi connectivity index (χ1n) is 6.94. The van der Waals surface area contributed by atoms with E-state index >= 15 is 0 Å². The van der Waals surface area contributed by atoms with Gasteiger partial charge in [-0.3, -0.25) is 4.79 Å². The largest absolute Gasteiger partial charge is 0.506 e. The molecule has 112 valence electrons. The van der Waals surface area contributed by atoms with Crippen LogP contribution in [-0.2, 0) is 4.79 Å². The molecule has 0 spiro atoms. The number of hydrogen-bond donors (Lipinski definition) is 5. The number of unbranched alkanes of at least 4 members (excludes halogenated alkanes) is 4. The van der Waals surface area contributed by atoms with E-state index in [1.807, 2.05) is 6.07 Å². The second kappa shape index (κ2) is 10.1. The monoisotopic (exact) mass is 281 g/mol. The topological polar surface area (TPSA) is 93.6 Å². The fourth-order valence-electron chi connectivity index (χ4n) is 1.77. The zero-order valence-electron chi connectivity index (χ0n) is 11.6. The molecule has 5 N–H and O–H groups in total. The summed E-state index contributed by atoms with van der Waals surface area (Å²) in [5, 5.41) is 18.0.